The number of sulfonamides is 1. The number of rotatable bonds is 13. The van der Waals surface area contributed by atoms with Crippen LogP contribution in [0, 0.1) is 6.92 Å². The van der Waals surface area contributed by atoms with Gasteiger partial charge in [-0.2, -0.15) is 0 Å². The average molecular weight is 522 g/mol. The summed E-state index contributed by atoms with van der Waals surface area (Å²) >= 11 is 6.00. The minimum Gasteiger partial charge on any atom is -0.354 e. The van der Waals surface area contributed by atoms with Gasteiger partial charge in [-0.05, 0) is 56.0 Å². The first-order valence-corrected chi connectivity index (χ1v) is 14.2. The molecule has 0 spiro atoms. The Hall–Kier alpha value is -2.58. The topological polar surface area (TPSA) is 86.8 Å². The van der Waals surface area contributed by atoms with Crippen LogP contribution in [0.4, 0.5) is 5.69 Å². The second-order valence-electron chi connectivity index (χ2n) is 8.64. The van der Waals surface area contributed by atoms with Crippen molar-refractivity contribution in [1.82, 2.24) is 10.2 Å². The Bertz CT molecular complexity index is 1070. The zero-order valence-electron chi connectivity index (χ0n) is 21.0. The van der Waals surface area contributed by atoms with Crippen LogP contribution >= 0.6 is 11.6 Å². The summed E-state index contributed by atoms with van der Waals surface area (Å²) in [5, 5.41) is 3.49. The third kappa shape index (κ3) is 8.85. The Kier molecular flexibility index (Phi) is 11.0. The molecule has 0 aliphatic carbocycles. The van der Waals surface area contributed by atoms with Crippen LogP contribution < -0.4 is 9.62 Å². The van der Waals surface area contributed by atoms with Gasteiger partial charge in [0.2, 0.25) is 21.8 Å². The highest BCUT2D eigenvalue weighted by Gasteiger charge is 2.28. The molecule has 0 heterocycles. The SMILES string of the molecule is CCCNC(=O)[C@@H](CC)N(Cc1ccc(Cl)cc1)C(=O)CCCN(c1ccc(C)cc1)S(C)(=O)=O. The maximum absolute atomic E-state index is 13.4. The summed E-state index contributed by atoms with van der Waals surface area (Å²) in [6, 6.07) is 13.8. The fraction of sp³-hybridized carbons (Fsp3) is 0.462. The van der Waals surface area contributed by atoms with Gasteiger partial charge in [0.05, 0.1) is 11.9 Å². The second kappa shape index (κ2) is 13.5. The molecule has 0 bridgehead atoms. The highest BCUT2D eigenvalue weighted by molar-refractivity contribution is 7.92. The number of nitrogens with one attached hydrogen (secondary N) is 1. The van der Waals surface area contributed by atoms with Gasteiger partial charge in [0.25, 0.3) is 0 Å². The normalized spacial score (nSPS) is 12.1. The van der Waals surface area contributed by atoms with Crippen molar-refractivity contribution in [2.45, 2.75) is 59.0 Å². The van der Waals surface area contributed by atoms with Gasteiger partial charge in [-0.3, -0.25) is 13.9 Å². The van der Waals surface area contributed by atoms with Gasteiger partial charge < -0.3 is 10.2 Å². The standard InChI is InChI=1S/C26H36ClN3O4S/c1-5-17-28-26(32)24(6-2)29(19-21-11-13-22(27)14-12-21)25(31)8-7-18-30(35(4,33)34)23-15-9-20(3)10-16-23/h9-16,24H,5-8,17-19H2,1-4H3,(H,28,32)/t24-/m1/s1. The molecule has 0 saturated heterocycles. The number of carbonyl (C=O) groups excluding carboxylic acids is 2. The lowest BCUT2D eigenvalue weighted by atomic mass is 10.1. The molecule has 1 N–H and O–H groups in total. The van der Waals surface area contributed by atoms with Gasteiger partial charge in [-0.1, -0.05) is 55.3 Å². The fourth-order valence-corrected chi connectivity index (χ4v) is 4.88. The van der Waals surface area contributed by atoms with E-state index in [1.807, 2.05) is 45.0 Å². The summed E-state index contributed by atoms with van der Waals surface area (Å²) < 4.78 is 26.1. The summed E-state index contributed by atoms with van der Waals surface area (Å²) in [6.07, 6.45) is 2.86. The van der Waals surface area contributed by atoms with Crippen LogP contribution in [0.3, 0.4) is 0 Å². The van der Waals surface area contributed by atoms with Gasteiger partial charge in [0.15, 0.2) is 0 Å². The van der Waals surface area contributed by atoms with E-state index in [1.54, 1.807) is 29.2 Å². The van der Waals surface area contributed by atoms with Crippen molar-refractivity contribution in [1.29, 1.82) is 0 Å². The largest absolute Gasteiger partial charge is 0.354 e. The lowest BCUT2D eigenvalue weighted by molar-refractivity contribution is -0.141. The van der Waals surface area contributed by atoms with Crippen molar-refractivity contribution in [3.8, 4) is 0 Å². The maximum atomic E-state index is 13.4. The second-order valence-corrected chi connectivity index (χ2v) is 11.0. The van der Waals surface area contributed by atoms with E-state index in [0.29, 0.717) is 30.1 Å². The van der Waals surface area contributed by atoms with Crippen LogP contribution in [0.15, 0.2) is 48.5 Å². The van der Waals surface area contributed by atoms with E-state index >= 15 is 0 Å². The molecule has 192 valence electrons. The zero-order chi connectivity index (χ0) is 26.0. The molecule has 0 radical (unpaired) electrons. The number of benzene rings is 2. The van der Waals surface area contributed by atoms with Gasteiger partial charge in [0.1, 0.15) is 6.04 Å². The van der Waals surface area contributed by atoms with E-state index in [-0.39, 0.29) is 31.3 Å². The molecule has 9 heteroatoms. The first kappa shape index (κ1) is 28.7. The minimum atomic E-state index is -3.51. The van der Waals surface area contributed by atoms with Gasteiger partial charge >= 0.3 is 0 Å². The van der Waals surface area contributed by atoms with Crippen LogP contribution in [-0.2, 0) is 26.2 Å². The number of aryl methyl sites for hydroxylation is 1. The molecule has 7 nitrogen and oxygen atoms in total. The molecule has 2 amide bonds. The molecule has 0 aliphatic rings. The molecule has 2 aromatic carbocycles. The summed E-state index contributed by atoms with van der Waals surface area (Å²) in [5.74, 6) is -0.384. The fourth-order valence-electron chi connectivity index (χ4n) is 3.79. The third-order valence-corrected chi connectivity index (χ3v) is 7.12. The molecular formula is C26H36ClN3O4S. The van der Waals surface area contributed by atoms with Gasteiger partial charge in [-0.25, -0.2) is 8.42 Å². The number of hydrogen-bond acceptors (Lipinski definition) is 4. The molecule has 0 aromatic heterocycles. The lowest BCUT2D eigenvalue weighted by Crippen LogP contribution is -2.49. The first-order valence-electron chi connectivity index (χ1n) is 11.9. The Morgan fingerprint density at radius 2 is 1.66 bits per heavy atom. The molecule has 0 saturated carbocycles. The molecule has 0 fully saturated rings. The number of carbonyl (C=O) groups is 2. The van der Waals surface area contributed by atoms with E-state index in [2.05, 4.69) is 5.32 Å². The van der Waals surface area contributed by atoms with Crippen molar-refractivity contribution in [3.63, 3.8) is 0 Å². The van der Waals surface area contributed by atoms with Crippen LogP contribution in [0.1, 0.15) is 50.7 Å². The average Bonchev–Trinajstić information content (AvgIpc) is 2.81. The van der Waals surface area contributed by atoms with Crippen molar-refractivity contribution < 1.29 is 18.0 Å². The molecule has 0 unspecified atom stereocenters. The number of hydrogen-bond donors (Lipinski definition) is 1. The zero-order valence-corrected chi connectivity index (χ0v) is 22.5. The first-order chi connectivity index (χ1) is 16.6. The molecule has 0 aliphatic heterocycles. The Morgan fingerprint density at radius 3 is 2.20 bits per heavy atom. The van der Waals surface area contributed by atoms with Crippen molar-refractivity contribution in [3.05, 3.63) is 64.7 Å². The predicted octanol–water partition coefficient (Wildman–Crippen LogP) is 4.53. The van der Waals surface area contributed by atoms with E-state index in [9.17, 15) is 18.0 Å². The van der Waals surface area contributed by atoms with Crippen LogP contribution in [-0.4, -0.2) is 50.5 Å². The number of anilines is 1. The van der Waals surface area contributed by atoms with E-state index < -0.39 is 16.1 Å². The van der Waals surface area contributed by atoms with E-state index in [4.69, 9.17) is 11.6 Å². The van der Waals surface area contributed by atoms with Crippen molar-refractivity contribution >= 4 is 39.1 Å². The smallest absolute Gasteiger partial charge is 0.242 e. The van der Waals surface area contributed by atoms with Crippen molar-refractivity contribution in [2.75, 3.05) is 23.7 Å². The van der Waals surface area contributed by atoms with Gasteiger partial charge in [0, 0.05) is 31.1 Å². The maximum Gasteiger partial charge on any atom is 0.242 e. The summed E-state index contributed by atoms with van der Waals surface area (Å²) in [7, 11) is -3.51. The van der Waals surface area contributed by atoms with E-state index in [0.717, 1.165) is 23.8 Å². The molecule has 35 heavy (non-hydrogen) atoms. The number of halogens is 1. The summed E-state index contributed by atoms with van der Waals surface area (Å²) in [5.41, 5.74) is 2.46. The molecule has 1 atom stereocenters. The monoisotopic (exact) mass is 521 g/mol. The highest BCUT2D eigenvalue weighted by Crippen LogP contribution is 2.20. The third-order valence-electron chi connectivity index (χ3n) is 5.68. The van der Waals surface area contributed by atoms with E-state index in [1.165, 1.54) is 4.31 Å². The van der Waals surface area contributed by atoms with Crippen molar-refractivity contribution in [2.24, 2.45) is 0 Å². The Balaban J connectivity index is 2.18. The van der Waals surface area contributed by atoms with Crippen LogP contribution in [0.25, 0.3) is 0 Å². The minimum absolute atomic E-state index is 0.114. The Labute approximate surface area is 214 Å². The number of amides is 2. The lowest BCUT2D eigenvalue weighted by Gasteiger charge is -2.31. The summed E-state index contributed by atoms with van der Waals surface area (Å²) in [4.78, 5) is 27.8. The highest BCUT2D eigenvalue weighted by atomic mass is 35.5. The van der Waals surface area contributed by atoms with Crippen LogP contribution in [0.2, 0.25) is 5.02 Å². The Morgan fingerprint density at radius 1 is 1.03 bits per heavy atom. The molecular weight excluding hydrogens is 486 g/mol. The van der Waals surface area contributed by atoms with Crippen LogP contribution in [0.5, 0.6) is 0 Å². The summed E-state index contributed by atoms with van der Waals surface area (Å²) in [6.45, 7) is 6.76. The predicted molar refractivity (Wildman–Crippen MR) is 142 cm³/mol. The quantitative estimate of drug-likeness (QED) is 0.419. The number of nitrogens with zero attached hydrogens (tertiary/aromatic N) is 2. The molecule has 2 aromatic rings. The molecule has 2 rings (SSSR count). The van der Waals surface area contributed by atoms with Gasteiger partial charge in [-0.15, -0.1) is 0 Å².